The van der Waals surface area contributed by atoms with Crippen LogP contribution in [0.25, 0.3) is 23.1 Å². The number of piperidine rings is 1. The summed E-state index contributed by atoms with van der Waals surface area (Å²) in [6.07, 6.45) is 9.70. The highest BCUT2D eigenvalue weighted by atomic mass is 35.5. The van der Waals surface area contributed by atoms with Gasteiger partial charge in [-0.3, -0.25) is 15.0 Å². The Kier molecular flexibility index (Phi) is 8.56. The number of aromatic nitrogens is 2. The van der Waals surface area contributed by atoms with E-state index in [2.05, 4.69) is 80.8 Å². The minimum absolute atomic E-state index is 0.153. The van der Waals surface area contributed by atoms with Gasteiger partial charge in [0.05, 0.1) is 22.5 Å². The SMILES string of the molecule is CC(Oc1ccc2[nH]nc(/C=C/c3ccc(CN4CCC(c5ccccc5)CC4)cc3)c2c1)C1C(Cl)=CN=CC1Cl. The van der Waals surface area contributed by atoms with Gasteiger partial charge in [0, 0.05) is 29.4 Å². The van der Waals surface area contributed by atoms with Crippen LogP contribution >= 0.6 is 23.2 Å². The molecule has 7 heteroatoms. The third kappa shape index (κ3) is 6.59. The first-order valence-corrected chi connectivity index (χ1v) is 15.1. The molecule has 1 fully saturated rings. The molecule has 4 aromatic rings. The second-order valence-electron chi connectivity index (χ2n) is 11.0. The van der Waals surface area contributed by atoms with Crippen molar-refractivity contribution in [2.24, 2.45) is 10.9 Å². The number of aliphatic imine (C=N–C) groups is 1. The number of likely N-dealkylation sites (tertiary alicyclic amines) is 1. The monoisotopic (exact) mass is 584 g/mol. The van der Waals surface area contributed by atoms with Gasteiger partial charge in [0.1, 0.15) is 11.9 Å². The van der Waals surface area contributed by atoms with Crippen LogP contribution in [-0.4, -0.2) is 45.9 Å². The lowest BCUT2D eigenvalue weighted by Gasteiger charge is -2.32. The zero-order valence-corrected chi connectivity index (χ0v) is 24.6. The Bertz CT molecular complexity index is 1550. The quantitative estimate of drug-likeness (QED) is 0.212. The van der Waals surface area contributed by atoms with E-state index < -0.39 is 0 Å². The molecule has 1 aromatic heterocycles. The molecule has 0 bridgehead atoms. The summed E-state index contributed by atoms with van der Waals surface area (Å²) < 4.78 is 6.25. The molecule has 2 aliphatic heterocycles. The number of fused-ring (bicyclic) bond motifs is 1. The van der Waals surface area contributed by atoms with E-state index in [1.807, 2.05) is 31.2 Å². The Labute approximate surface area is 251 Å². The Balaban J connectivity index is 1.07. The molecule has 2 aliphatic rings. The maximum Gasteiger partial charge on any atom is 0.120 e. The van der Waals surface area contributed by atoms with Crippen molar-refractivity contribution in [1.29, 1.82) is 0 Å². The molecule has 210 valence electrons. The zero-order valence-electron chi connectivity index (χ0n) is 23.1. The largest absolute Gasteiger partial charge is 0.490 e. The first kappa shape index (κ1) is 27.8. The van der Waals surface area contributed by atoms with Crippen molar-refractivity contribution in [3.63, 3.8) is 0 Å². The van der Waals surface area contributed by atoms with Crippen molar-refractivity contribution < 1.29 is 4.74 Å². The molecular formula is C34H34Cl2N4O. The molecule has 3 atom stereocenters. The summed E-state index contributed by atoms with van der Waals surface area (Å²) in [6, 6.07) is 25.7. The average molecular weight is 586 g/mol. The van der Waals surface area contributed by atoms with Gasteiger partial charge in [-0.2, -0.15) is 5.10 Å². The number of benzene rings is 3. The molecule has 1 N–H and O–H groups in total. The first-order valence-electron chi connectivity index (χ1n) is 14.3. The van der Waals surface area contributed by atoms with Crippen molar-refractivity contribution in [2.45, 2.75) is 43.7 Å². The number of nitrogens with one attached hydrogen (secondary N) is 1. The van der Waals surface area contributed by atoms with Gasteiger partial charge >= 0.3 is 0 Å². The van der Waals surface area contributed by atoms with Crippen molar-refractivity contribution in [1.82, 2.24) is 15.1 Å². The molecule has 41 heavy (non-hydrogen) atoms. The van der Waals surface area contributed by atoms with Crippen molar-refractivity contribution >= 4 is 52.5 Å². The lowest BCUT2D eigenvalue weighted by atomic mass is 9.89. The maximum atomic E-state index is 6.44. The van der Waals surface area contributed by atoms with Crippen LogP contribution in [-0.2, 0) is 6.54 Å². The Morgan fingerprint density at radius 1 is 1.02 bits per heavy atom. The predicted octanol–water partition coefficient (Wildman–Crippen LogP) is 8.27. The number of H-pyrrole nitrogens is 1. The lowest BCUT2D eigenvalue weighted by molar-refractivity contribution is 0.177. The predicted molar refractivity (Wildman–Crippen MR) is 171 cm³/mol. The van der Waals surface area contributed by atoms with Crippen LogP contribution in [0.3, 0.4) is 0 Å². The van der Waals surface area contributed by atoms with E-state index in [-0.39, 0.29) is 17.4 Å². The summed E-state index contributed by atoms with van der Waals surface area (Å²) in [7, 11) is 0. The van der Waals surface area contributed by atoms with Crippen LogP contribution in [0.1, 0.15) is 48.1 Å². The summed E-state index contributed by atoms with van der Waals surface area (Å²) in [4.78, 5) is 6.65. The van der Waals surface area contributed by atoms with Crippen LogP contribution < -0.4 is 4.74 Å². The lowest BCUT2D eigenvalue weighted by Crippen LogP contribution is -2.33. The number of hydrogen-bond donors (Lipinski definition) is 1. The van der Waals surface area contributed by atoms with Gasteiger partial charge in [-0.25, -0.2) is 0 Å². The van der Waals surface area contributed by atoms with Gasteiger partial charge in [0.2, 0.25) is 0 Å². The summed E-state index contributed by atoms with van der Waals surface area (Å²) in [6.45, 7) is 5.26. The van der Waals surface area contributed by atoms with Gasteiger partial charge < -0.3 is 4.74 Å². The van der Waals surface area contributed by atoms with E-state index >= 15 is 0 Å². The Hall–Kier alpha value is -3.38. The fourth-order valence-electron chi connectivity index (χ4n) is 5.83. The zero-order chi connectivity index (χ0) is 28.2. The normalized spacial score (nSPS) is 20.9. The number of alkyl halides is 1. The summed E-state index contributed by atoms with van der Waals surface area (Å²) in [5.74, 6) is 1.28. The minimum atomic E-state index is -0.308. The van der Waals surface area contributed by atoms with Crippen molar-refractivity contribution in [3.8, 4) is 5.75 Å². The number of nitrogens with zero attached hydrogens (tertiary/aromatic N) is 3. The number of rotatable bonds is 8. The standard InChI is InChI=1S/C34H34Cl2N4O/c1-23(34-30(35)20-37-21-31(34)36)41-28-12-14-33-29(19-28)32(38-39-33)13-11-24-7-9-25(10-8-24)22-40-17-15-27(16-18-40)26-5-3-2-4-6-26/h2-14,19-21,23,27,30,34H,15-18,22H2,1H3,(H,38,39)/b13-11+. The van der Waals surface area contributed by atoms with Gasteiger partial charge in [0.25, 0.3) is 0 Å². The van der Waals surface area contributed by atoms with Crippen LogP contribution in [0.15, 0.2) is 89.0 Å². The molecule has 0 saturated carbocycles. The summed E-state index contributed by atoms with van der Waals surface area (Å²) >= 11 is 12.8. The van der Waals surface area contributed by atoms with E-state index in [4.69, 9.17) is 27.9 Å². The number of halogens is 2. The van der Waals surface area contributed by atoms with Gasteiger partial charge in [-0.1, -0.05) is 72.3 Å². The fraction of sp³-hybridized carbons (Fsp3) is 0.294. The van der Waals surface area contributed by atoms with Crippen LogP contribution in [0, 0.1) is 5.92 Å². The van der Waals surface area contributed by atoms with Gasteiger partial charge in [-0.15, -0.1) is 11.6 Å². The van der Waals surface area contributed by atoms with Gasteiger partial charge in [0.15, 0.2) is 0 Å². The van der Waals surface area contributed by atoms with E-state index in [0.29, 0.717) is 11.0 Å². The maximum absolute atomic E-state index is 6.44. The molecular weight excluding hydrogens is 551 g/mol. The van der Waals surface area contributed by atoms with Crippen LogP contribution in [0.4, 0.5) is 0 Å². The molecule has 3 aromatic carbocycles. The second kappa shape index (κ2) is 12.6. The van der Waals surface area contributed by atoms with Crippen LogP contribution in [0.5, 0.6) is 5.75 Å². The third-order valence-electron chi connectivity index (χ3n) is 8.16. The summed E-state index contributed by atoms with van der Waals surface area (Å²) in [5, 5.41) is 8.94. The highest BCUT2D eigenvalue weighted by molar-refractivity contribution is 6.34. The molecule has 3 unspecified atom stereocenters. The molecule has 3 heterocycles. The van der Waals surface area contributed by atoms with Crippen molar-refractivity contribution in [3.05, 3.63) is 106 Å². The minimum Gasteiger partial charge on any atom is -0.490 e. The Morgan fingerprint density at radius 3 is 2.56 bits per heavy atom. The molecule has 0 radical (unpaired) electrons. The topological polar surface area (TPSA) is 53.5 Å². The van der Waals surface area contributed by atoms with E-state index in [1.165, 1.54) is 24.0 Å². The summed E-state index contributed by atoms with van der Waals surface area (Å²) in [5.41, 5.74) is 5.78. The first-order chi connectivity index (χ1) is 20.0. The molecule has 0 aliphatic carbocycles. The highest BCUT2D eigenvalue weighted by Crippen LogP contribution is 2.33. The van der Waals surface area contributed by atoms with Gasteiger partial charge in [-0.05, 0) is 79.7 Å². The fourth-order valence-corrected chi connectivity index (χ4v) is 6.67. The molecule has 6 rings (SSSR count). The Morgan fingerprint density at radius 2 is 1.80 bits per heavy atom. The average Bonchev–Trinajstić information content (AvgIpc) is 3.40. The number of ether oxygens (including phenoxy) is 1. The smallest absolute Gasteiger partial charge is 0.120 e. The highest BCUT2D eigenvalue weighted by Gasteiger charge is 2.31. The number of hydrogen-bond acceptors (Lipinski definition) is 4. The van der Waals surface area contributed by atoms with E-state index in [1.54, 1.807) is 12.4 Å². The molecule has 5 nitrogen and oxygen atoms in total. The second-order valence-corrected chi connectivity index (χ2v) is 11.9. The molecule has 1 saturated heterocycles. The van der Waals surface area contributed by atoms with Crippen LogP contribution in [0.2, 0.25) is 0 Å². The van der Waals surface area contributed by atoms with Crippen molar-refractivity contribution in [2.75, 3.05) is 13.1 Å². The molecule has 0 amide bonds. The number of aromatic amines is 1. The molecule has 0 spiro atoms. The van der Waals surface area contributed by atoms with E-state index in [0.717, 1.165) is 47.5 Å². The van der Waals surface area contributed by atoms with E-state index in [9.17, 15) is 0 Å². The third-order valence-corrected chi connectivity index (χ3v) is 8.89.